The minimum Gasteiger partial charge on any atom is -0.335 e. The fourth-order valence-electron chi connectivity index (χ4n) is 2.52. The van der Waals surface area contributed by atoms with E-state index in [0.717, 1.165) is 31.5 Å². The summed E-state index contributed by atoms with van der Waals surface area (Å²) in [4.78, 5) is 16.2. The van der Waals surface area contributed by atoms with Crippen molar-refractivity contribution in [2.24, 2.45) is 7.05 Å². The summed E-state index contributed by atoms with van der Waals surface area (Å²) in [5, 5.41) is 5.81. The molecule has 0 aliphatic heterocycles. The Kier molecular flexibility index (Phi) is 2.97. The molecule has 98 valence electrons. The largest absolute Gasteiger partial charge is 0.335 e. The number of nitrogens with one attached hydrogen (secondary N) is 2. The molecule has 1 saturated carbocycles. The second-order valence-electron chi connectivity index (χ2n) is 5.29. The number of fused-ring (bicyclic) bond motifs is 1. The summed E-state index contributed by atoms with van der Waals surface area (Å²) >= 11 is 0. The van der Waals surface area contributed by atoms with Crippen LogP contribution in [0.4, 0.5) is 4.79 Å². The molecule has 3 rings (SSSR count). The van der Waals surface area contributed by atoms with Gasteiger partial charge >= 0.3 is 6.03 Å². The molecule has 1 aromatic heterocycles. The fourth-order valence-corrected chi connectivity index (χ4v) is 2.52. The SMILES string of the molecule is Cn1c(CNC(=O)NC2CC2)nc2c1CCCC2. The molecular formula is C13H20N4O. The lowest BCUT2D eigenvalue weighted by atomic mass is 10.0. The third-order valence-electron chi connectivity index (χ3n) is 3.79. The van der Waals surface area contributed by atoms with Crippen molar-refractivity contribution in [1.29, 1.82) is 0 Å². The lowest BCUT2D eigenvalue weighted by Crippen LogP contribution is -2.36. The number of carbonyl (C=O) groups is 1. The molecule has 0 atom stereocenters. The Morgan fingerprint density at radius 1 is 1.39 bits per heavy atom. The number of aryl methyl sites for hydroxylation is 1. The molecule has 0 spiro atoms. The van der Waals surface area contributed by atoms with E-state index in [4.69, 9.17) is 0 Å². The summed E-state index contributed by atoms with van der Waals surface area (Å²) < 4.78 is 2.14. The van der Waals surface area contributed by atoms with Gasteiger partial charge in [0.05, 0.1) is 12.2 Å². The molecule has 0 saturated heterocycles. The van der Waals surface area contributed by atoms with Crippen molar-refractivity contribution in [3.8, 4) is 0 Å². The summed E-state index contributed by atoms with van der Waals surface area (Å²) in [5.74, 6) is 0.966. The summed E-state index contributed by atoms with van der Waals surface area (Å²) in [6, 6.07) is 0.332. The Bertz CT molecular complexity index is 462. The van der Waals surface area contributed by atoms with Crippen molar-refractivity contribution >= 4 is 6.03 Å². The van der Waals surface area contributed by atoms with Gasteiger partial charge in [-0.05, 0) is 38.5 Å². The van der Waals surface area contributed by atoms with Gasteiger partial charge < -0.3 is 15.2 Å². The standard InChI is InChI=1S/C13H20N4O/c1-17-11-5-3-2-4-10(11)16-12(17)8-14-13(18)15-9-6-7-9/h9H,2-8H2,1H3,(H2,14,15,18). The average Bonchev–Trinajstić information content (AvgIpc) is 3.12. The lowest BCUT2D eigenvalue weighted by molar-refractivity contribution is 0.239. The number of hydrogen-bond acceptors (Lipinski definition) is 2. The highest BCUT2D eigenvalue weighted by Crippen LogP contribution is 2.21. The monoisotopic (exact) mass is 248 g/mol. The highest BCUT2D eigenvalue weighted by Gasteiger charge is 2.23. The predicted octanol–water partition coefficient (Wildman–Crippen LogP) is 1.26. The lowest BCUT2D eigenvalue weighted by Gasteiger charge is -2.11. The van der Waals surface area contributed by atoms with Gasteiger partial charge in [-0.15, -0.1) is 0 Å². The number of carbonyl (C=O) groups excluding carboxylic acids is 1. The molecule has 18 heavy (non-hydrogen) atoms. The van der Waals surface area contributed by atoms with Gasteiger partial charge in [0.2, 0.25) is 0 Å². The molecule has 0 bridgehead atoms. The normalized spacial score (nSPS) is 18.3. The van der Waals surface area contributed by atoms with E-state index in [9.17, 15) is 4.79 Å². The number of hydrogen-bond donors (Lipinski definition) is 2. The van der Waals surface area contributed by atoms with Crippen LogP contribution in [0.3, 0.4) is 0 Å². The molecule has 1 fully saturated rings. The molecule has 5 nitrogen and oxygen atoms in total. The number of rotatable bonds is 3. The third-order valence-corrected chi connectivity index (χ3v) is 3.79. The van der Waals surface area contributed by atoms with Crippen LogP contribution in [-0.2, 0) is 26.4 Å². The molecule has 2 aliphatic carbocycles. The number of aromatic nitrogens is 2. The second-order valence-corrected chi connectivity index (χ2v) is 5.29. The topological polar surface area (TPSA) is 59.0 Å². The van der Waals surface area contributed by atoms with Gasteiger partial charge in [0.25, 0.3) is 0 Å². The minimum atomic E-state index is -0.0709. The second kappa shape index (κ2) is 4.63. The van der Waals surface area contributed by atoms with Gasteiger partial charge in [0.15, 0.2) is 0 Å². The van der Waals surface area contributed by atoms with E-state index in [1.165, 1.54) is 24.2 Å². The first kappa shape index (κ1) is 11.6. The highest BCUT2D eigenvalue weighted by molar-refractivity contribution is 5.74. The molecule has 0 radical (unpaired) electrons. The summed E-state index contributed by atoms with van der Waals surface area (Å²) in [6.07, 6.45) is 6.92. The number of nitrogens with zero attached hydrogens (tertiary/aromatic N) is 2. The molecule has 0 aromatic carbocycles. The van der Waals surface area contributed by atoms with Gasteiger partial charge in [0.1, 0.15) is 5.82 Å². The predicted molar refractivity (Wildman–Crippen MR) is 68.2 cm³/mol. The van der Waals surface area contributed by atoms with Crippen LogP contribution < -0.4 is 10.6 Å². The van der Waals surface area contributed by atoms with Crippen LogP contribution in [0.2, 0.25) is 0 Å². The highest BCUT2D eigenvalue weighted by atomic mass is 16.2. The van der Waals surface area contributed by atoms with Crippen LogP contribution in [0.25, 0.3) is 0 Å². The van der Waals surface area contributed by atoms with Crippen molar-refractivity contribution in [2.75, 3.05) is 0 Å². The fraction of sp³-hybridized carbons (Fsp3) is 0.692. The van der Waals surface area contributed by atoms with Crippen LogP contribution >= 0.6 is 0 Å². The molecule has 1 heterocycles. The zero-order valence-corrected chi connectivity index (χ0v) is 10.8. The third kappa shape index (κ3) is 2.35. The Labute approximate surface area is 107 Å². The maximum Gasteiger partial charge on any atom is 0.315 e. The van der Waals surface area contributed by atoms with Gasteiger partial charge in [-0.25, -0.2) is 9.78 Å². The van der Waals surface area contributed by atoms with E-state index in [1.807, 2.05) is 7.05 Å². The van der Waals surface area contributed by atoms with E-state index in [0.29, 0.717) is 12.6 Å². The first-order valence-electron chi connectivity index (χ1n) is 6.82. The molecule has 2 aliphatic rings. The van der Waals surface area contributed by atoms with Crippen molar-refractivity contribution in [3.05, 3.63) is 17.2 Å². The minimum absolute atomic E-state index is 0.0709. The summed E-state index contributed by atoms with van der Waals surface area (Å²) in [7, 11) is 2.05. The smallest absolute Gasteiger partial charge is 0.315 e. The van der Waals surface area contributed by atoms with Crippen molar-refractivity contribution in [2.45, 2.75) is 51.1 Å². The van der Waals surface area contributed by atoms with Crippen LogP contribution in [0.15, 0.2) is 0 Å². The number of amides is 2. The van der Waals surface area contributed by atoms with Gasteiger partial charge in [-0.2, -0.15) is 0 Å². The van der Waals surface area contributed by atoms with Gasteiger partial charge in [-0.3, -0.25) is 0 Å². The van der Waals surface area contributed by atoms with Crippen LogP contribution in [-0.4, -0.2) is 21.6 Å². The van der Waals surface area contributed by atoms with Gasteiger partial charge in [-0.1, -0.05) is 0 Å². The van der Waals surface area contributed by atoms with Crippen LogP contribution in [0.5, 0.6) is 0 Å². The van der Waals surface area contributed by atoms with Crippen molar-refractivity contribution in [1.82, 2.24) is 20.2 Å². The average molecular weight is 248 g/mol. The van der Waals surface area contributed by atoms with E-state index in [2.05, 4.69) is 20.2 Å². The summed E-state index contributed by atoms with van der Waals surface area (Å²) in [5.41, 5.74) is 2.57. The maximum atomic E-state index is 11.6. The van der Waals surface area contributed by atoms with Crippen LogP contribution in [0.1, 0.15) is 42.9 Å². The Balaban J connectivity index is 1.61. The first-order chi connectivity index (χ1) is 8.74. The molecule has 1 aromatic rings. The molecule has 0 unspecified atom stereocenters. The molecule has 2 amide bonds. The Morgan fingerprint density at radius 3 is 2.89 bits per heavy atom. The first-order valence-corrected chi connectivity index (χ1v) is 6.82. The van der Waals surface area contributed by atoms with E-state index >= 15 is 0 Å². The van der Waals surface area contributed by atoms with E-state index in [-0.39, 0.29) is 6.03 Å². The van der Waals surface area contributed by atoms with E-state index < -0.39 is 0 Å². The van der Waals surface area contributed by atoms with Crippen LogP contribution in [0, 0.1) is 0 Å². The maximum absolute atomic E-state index is 11.6. The number of imidazole rings is 1. The van der Waals surface area contributed by atoms with Crippen molar-refractivity contribution in [3.63, 3.8) is 0 Å². The molecule has 5 heteroatoms. The van der Waals surface area contributed by atoms with Gasteiger partial charge in [0, 0.05) is 18.8 Å². The Hall–Kier alpha value is -1.52. The quantitative estimate of drug-likeness (QED) is 0.846. The Morgan fingerprint density at radius 2 is 2.17 bits per heavy atom. The molecule has 2 N–H and O–H groups in total. The zero-order chi connectivity index (χ0) is 12.5. The van der Waals surface area contributed by atoms with Crippen molar-refractivity contribution < 1.29 is 4.79 Å². The summed E-state index contributed by atoms with van der Waals surface area (Å²) in [6.45, 7) is 0.516. The van der Waals surface area contributed by atoms with E-state index in [1.54, 1.807) is 0 Å². The number of urea groups is 1. The molecular weight excluding hydrogens is 228 g/mol. The zero-order valence-electron chi connectivity index (χ0n) is 10.8.